The molecule has 1 spiro atoms. The molecule has 0 bridgehead atoms. The second-order valence-electron chi connectivity index (χ2n) is 12.3. The van der Waals surface area contributed by atoms with Crippen molar-refractivity contribution in [2.75, 3.05) is 6.54 Å². The summed E-state index contributed by atoms with van der Waals surface area (Å²) >= 11 is 0. The van der Waals surface area contributed by atoms with Crippen molar-refractivity contribution in [1.29, 1.82) is 0 Å². The van der Waals surface area contributed by atoms with Crippen LogP contribution in [0.5, 0.6) is 5.88 Å². The maximum Gasteiger partial charge on any atom is 0.310 e. The van der Waals surface area contributed by atoms with Gasteiger partial charge in [-0.2, -0.15) is 4.31 Å². The highest BCUT2D eigenvalue weighted by molar-refractivity contribution is 7.89. The van der Waals surface area contributed by atoms with Crippen molar-refractivity contribution in [2.24, 2.45) is 5.41 Å². The molecule has 14 heteroatoms. The van der Waals surface area contributed by atoms with Crippen LogP contribution in [0.1, 0.15) is 78.5 Å². The van der Waals surface area contributed by atoms with Gasteiger partial charge in [0.25, 0.3) is 6.43 Å². The Hall–Kier alpha value is -4.04. The van der Waals surface area contributed by atoms with Gasteiger partial charge >= 0.3 is 5.97 Å². The summed E-state index contributed by atoms with van der Waals surface area (Å²) in [5.41, 5.74) is 1.38. The van der Waals surface area contributed by atoms with Gasteiger partial charge in [-0.25, -0.2) is 22.2 Å². The summed E-state index contributed by atoms with van der Waals surface area (Å²) in [5, 5.41) is 17.9. The topological polar surface area (TPSA) is 140 Å². The number of hydrogen-bond acceptors (Lipinski definition) is 8. The number of aliphatic carboxylic acids is 1. The van der Waals surface area contributed by atoms with Gasteiger partial charge in [-0.15, -0.1) is 10.2 Å². The van der Waals surface area contributed by atoms with E-state index in [9.17, 15) is 27.1 Å². The number of nitrogens with zero attached hydrogens (tertiary/aromatic N) is 6. The van der Waals surface area contributed by atoms with Crippen LogP contribution in [0.25, 0.3) is 5.65 Å². The van der Waals surface area contributed by atoms with Crippen LogP contribution in [-0.2, 0) is 21.4 Å². The molecule has 2 aliphatic rings. The lowest BCUT2D eigenvalue weighted by Crippen LogP contribution is -2.38. The Morgan fingerprint density at radius 3 is 2.55 bits per heavy atom. The van der Waals surface area contributed by atoms with E-state index in [-0.39, 0.29) is 29.5 Å². The fraction of sp³-hybridized carbons (Fsp3) is 0.433. The molecule has 0 aromatic carbocycles. The van der Waals surface area contributed by atoms with Crippen LogP contribution in [0.3, 0.4) is 0 Å². The number of sulfonamides is 1. The summed E-state index contributed by atoms with van der Waals surface area (Å²) < 4.78 is 63.6. The Morgan fingerprint density at radius 2 is 1.89 bits per heavy atom. The molecule has 0 amide bonds. The molecular weight excluding hydrogens is 594 g/mol. The first-order valence-corrected chi connectivity index (χ1v) is 15.6. The number of hydrogen-bond donors (Lipinski definition) is 1. The zero-order valence-electron chi connectivity index (χ0n) is 24.9. The smallest absolute Gasteiger partial charge is 0.310 e. The number of pyridine rings is 3. The van der Waals surface area contributed by atoms with Crippen LogP contribution in [0.2, 0.25) is 0 Å². The third-order valence-corrected chi connectivity index (χ3v) is 10.5. The van der Waals surface area contributed by atoms with E-state index in [2.05, 4.69) is 15.2 Å². The summed E-state index contributed by atoms with van der Waals surface area (Å²) in [5.74, 6) is -2.36. The number of alkyl halides is 2. The quantitative estimate of drug-likeness (QED) is 0.308. The third kappa shape index (κ3) is 4.89. The molecule has 11 nitrogen and oxygen atoms in total. The average molecular weight is 627 g/mol. The number of halogens is 2. The van der Waals surface area contributed by atoms with E-state index < -0.39 is 45.2 Å². The summed E-state index contributed by atoms with van der Waals surface area (Å²) in [6.07, 6.45) is 1.52. The first-order valence-electron chi connectivity index (χ1n) is 14.1. The fourth-order valence-corrected chi connectivity index (χ4v) is 7.43. The second-order valence-corrected chi connectivity index (χ2v) is 14.2. The highest BCUT2D eigenvalue weighted by Gasteiger charge is 2.52. The van der Waals surface area contributed by atoms with Crippen LogP contribution in [0, 0.1) is 26.2 Å². The number of carboxylic acids is 1. The predicted molar refractivity (Wildman–Crippen MR) is 154 cm³/mol. The van der Waals surface area contributed by atoms with Gasteiger partial charge in [-0.3, -0.25) is 14.2 Å². The fourth-order valence-electron chi connectivity index (χ4n) is 5.81. The van der Waals surface area contributed by atoms with Gasteiger partial charge in [0.15, 0.2) is 5.65 Å². The molecule has 0 saturated heterocycles. The molecule has 4 aromatic heterocycles. The summed E-state index contributed by atoms with van der Waals surface area (Å²) in [6, 6.07) is 6.65. The van der Waals surface area contributed by atoms with E-state index in [1.165, 1.54) is 14.9 Å². The van der Waals surface area contributed by atoms with E-state index in [0.717, 1.165) is 5.56 Å². The van der Waals surface area contributed by atoms with E-state index >= 15 is 0 Å². The van der Waals surface area contributed by atoms with Crippen molar-refractivity contribution < 1.29 is 31.8 Å². The molecule has 0 unspecified atom stereocenters. The van der Waals surface area contributed by atoms with Crippen molar-refractivity contribution in [2.45, 2.75) is 76.8 Å². The summed E-state index contributed by atoms with van der Waals surface area (Å²) in [7, 11) is -4.02. The van der Waals surface area contributed by atoms with Crippen molar-refractivity contribution in [3.63, 3.8) is 0 Å². The molecule has 1 aliphatic heterocycles. The number of rotatable bonds is 7. The lowest BCUT2D eigenvalue weighted by atomic mass is 9.72. The summed E-state index contributed by atoms with van der Waals surface area (Å²) in [4.78, 5) is 21.8. The highest BCUT2D eigenvalue weighted by atomic mass is 32.2. The van der Waals surface area contributed by atoms with Crippen LogP contribution in [0.4, 0.5) is 8.78 Å². The lowest BCUT2D eigenvalue weighted by Gasteiger charge is -2.32. The van der Waals surface area contributed by atoms with Crippen molar-refractivity contribution in [3.8, 4) is 5.88 Å². The van der Waals surface area contributed by atoms with Gasteiger partial charge in [0.05, 0.1) is 24.2 Å². The number of aromatic nitrogens is 5. The van der Waals surface area contributed by atoms with Crippen LogP contribution < -0.4 is 4.74 Å². The van der Waals surface area contributed by atoms with Gasteiger partial charge in [0, 0.05) is 24.0 Å². The molecule has 44 heavy (non-hydrogen) atoms. The largest absolute Gasteiger partial charge is 0.481 e. The molecule has 1 N–H and O–H groups in total. The lowest BCUT2D eigenvalue weighted by molar-refractivity contribution is -0.147. The number of aryl methyl sites for hydroxylation is 3. The minimum Gasteiger partial charge on any atom is -0.481 e. The zero-order valence-corrected chi connectivity index (χ0v) is 25.7. The van der Waals surface area contributed by atoms with Gasteiger partial charge in [-0.1, -0.05) is 6.07 Å². The van der Waals surface area contributed by atoms with E-state index in [1.807, 2.05) is 6.92 Å². The standard InChI is InChI=1S/C30H32F2N6O5S/c1-16-12-22-27(33-13-16)43-30(9-10-30)15-37(44(22,41)42)14-21-17(2)6-7-20(34-21)23(29(4,5)28(39)40)19-8-11-38-25(18(19)3)35-36-26(38)24(31)32/h6-8,11-13,23-24H,9-10,14-15H2,1-5H3,(H,39,40)/t23-/m0/s1. The first-order chi connectivity index (χ1) is 20.6. The molecule has 1 atom stereocenters. The molecule has 6 rings (SSSR count). The normalized spacial score (nSPS) is 18.2. The van der Waals surface area contributed by atoms with Crippen molar-refractivity contribution >= 4 is 21.6 Å². The van der Waals surface area contributed by atoms with E-state index in [4.69, 9.17) is 9.72 Å². The number of ether oxygens (including phenoxy) is 1. The van der Waals surface area contributed by atoms with Crippen molar-refractivity contribution in [1.82, 2.24) is 28.9 Å². The Morgan fingerprint density at radius 1 is 1.16 bits per heavy atom. The van der Waals surface area contributed by atoms with Gasteiger partial charge in [0.1, 0.15) is 10.5 Å². The Bertz CT molecular complexity index is 1920. The SMILES string of the molecule is Cc1cnc2c(c1)S(=O)(=O)N(Cc1nc([C@H](c3ccn4c(C(F)F)nnc4c3C)C(C)(C)C(=O)O)ccc1C)CC1(CC1)O2. The number of carboxylic acid groups (broad SMARTS) is 1. The third-order valence-electron chi connectivity index (χ3n) is 8.68. The molecule has 232 valence electrons. The van der Waals surface area contributed by atoms with Gasteiger partial charge < -0.3 is 9.84 Å². The zero-order chi connectivity index (χ0) is 31.8. The first kappa shape index (κ1) is 30.0. The van der Waals surface area contributed by atoms with Gasteiger partial charge in [0.2, 0.25) is 21.7 Å². The van der Waals surface area contributed by atoms with E-state index in [1.54, 1.807) is 58.2 Å². The molecule has 1 fully saturated rings. The molecule has 5 heterocycles. The predicted octanol–water partition coefficient (Wildman–Crippen LogP) is 4.74. The van der Waals surface area contributed by atoms with E-state index in [0.29, 0.717) is 40.9 Å². The molecular formula is C30H32F2N6O5S. The van der Waals surface area contributed by atoms with Crippen molar-refractivity contribution in [3.05, 3.63) is 76.1 Å². The maximum absolute atomic E-state index is 13.9. The summed E-state index contributed by atoms with van der Waals surface area (Å²) in [6.45, 7) is 8.45. The second kappa shape index (κ2) is 10.3. The van der Waals surface area contributed by atoms with Crippen LogP contribution in [0.15, 0.2) is 41.6 Å². The molecule has 1 aliphatic carbocycles. The minimum absolute atomic E-state index is 0.000344. The maximum atomic E-state index is 13.9. The monoisotopic (exact) mass is 626 g/mol. The molecule has 4 aromatic rings. The number of carbonyl (C=O) groups is 1. The Kier molecular flexibility index (Phi) is 7.00. The van der Waals surface area contributed by atoms with Crippen LogP contribution in [-0.4, -0.2) is 60.5 Å². The highest BCUT2D eigenvalue weighted by Crippen LogP contribution is 2.47. The van der Waals surface area contributed by atoms with Gasteiger partial charge in [-0.05, 0) is 87.9 Å². The Labute approximate surface area is 253 Å². The minimum atomic E-state index is -4.02. The molecule has 0 radical (unpaired) electrons. The Balaban J connectivity index is 1.45. The average Bonchev–Trinajstić information content (AvgIpc) is 3.57. The molecule has 1 saturated carbocycles. The number of fused-ring (bicyclic) bond motifs is 2. The van der Waals surface area contributed by atoms with Crippen LogP contribution >= 0.6 is 0 Å².